The summed E-state index contributed by atoms with van der Waals surface area (Å²) in [6.45, 7) is 4.27. The third kappa shape index (κ3) is 2.81. The van der Waals surface area contributed by atoms with E-state index in [0.717, 1.165) is 6.08 Å². The average Bonchev–Trinajstić information content (AvgIpc) is 2.17. The van der Waals surface area contributed by atoms with E-state index in [1.165, 1.54) is 6.92 Å². The molecule has 0 amide bonds. The smallest absolute Gasteiger partial charge is 0.166 e. The highest BCUT2D eigenvalue weighted by molar-refractivity contribution is 9.09. The second-order valence-electron chi connectivity index (χ2n) is 3.84. The van der Waals surface area contributed by atoms with Gasteiger partial charge < -0.3 is 0 Å². The first-order chi connectivity index (χ1) is 8.00. The van der Waals surface area contributed by atoms with E-state index in [0.29, 0.717) is 6.08 Å². The molecule has 102 valence electrons. The molecule has 2 atom stereocenters. The summed E-state index contributed by atoms with van der Waals surface area (Å²) in [5.74, 6) is -1.11. The molecule has 0 aromatic heterocycles. The fourth-order valence-electron chi connectivity index (χ4n) is 1.82. The van der Waals surface area contributed by atoms with Crippen molar-refractivity contribution in [2.45, 2.75) is 24.1 Å². The fourth-order valence-corrected chi connectivity index (χ4v) is 2.35. The Morgan fingerprint density at radius 2 is 1.67 bits per heavy atom. The molecule has 0 N–H and O–H groups in total. The predicted octanol–water partition coefficient (Wildman–Crippen LogP) is 4.93. The molecule has 1 aliphatic carbocycles. The van der Waals surface area contributed by atoms with Crippen molar-refractivity contribution in [3.05, 3.63) is 35.5 Å². The first kappa shape index (κ1) is 15.3. The Morgan fingerprint density at radius 1 is 1.17 bits per heavy atom. The van der Waals surface area contributed by atoms with Crippen LogP contribution in [0.3, 0.4) is 0 Å². The van der Waals surface area contributed by atoms with Crippen molar-refractivity contribution >= 4 is 15.9 Å². The summed E-state index contributed by atoms with van der Waals surface area (Å²) < 4.78 is 76.6. The Labute approximate surface area is 108 Å². The number of alkyl halides is 7. The van der Waals surface area contributed by atoms with E-state index in [9.17, 15) is 26.3 Å². The summed E-state index contributed by atoms with van der Waals surface area (Å²) in [6, 6.07) is 0. The van der Waals surface area contributed by atoms with Gasteiger partial charge in [-0.2, -0.15) is 26.3 Å². The van der Waals surface area contributed by atoms with Gasteiger partial charge in [0, 0.05) is 16.3 Å². The molecule has 1 rings (SSSR count). The number of halogens is 7. The number of allylic oxidation sites excluding steroid dienone is 5. The Hall–Kier alpha value is -0.720. The first-order valence-electron chi connectivity index (χ1n) is 4.87. The maximum absolute atomic E-state index is 12.8. The van der Waals surface area contributed by atoms with E-state index in [4.69, 9.17) is 0 Å². The maximum atomic E-state index is 12.8. The summed E-state index contributed by atoms with van der Waals surface area (Å²) in [6.07, 6.45) is -8.31. The van der Waals surface area contributed by atoms with Gasteiger partial charge in [0.2, 0.25) is 0 Å². The molecule has 18 heavy (non-hydrogen) atoms. The lowest BCUT2D eigenvalue weighted by atomic mass is 9.83. The lowest BCUT2D eigenvalue weighted by molar-refractivity contribution is -0.103. The van der Waals surface area contributed by atoms with Crippen molar-refractivity contribution in [1.82, 2.24) is 0 Å². The van der Waals surface area contributed by atoms with Gasteiger partial charge in [-0.3, -0.25) is 0 Å². The van der Waals surface area contributed by atoms with Crippen molar-refractivity contribution in [1.29, 1.82) is 0 Å². The second-order valence-corrected chi connectivity index (χ2v) is 4.90. The maximum Gasteiger partial charge on any atom is 0.416 e. The van der Waals surface area contributed by atoms with Crippen LogP contribution in [0.1, 0.15) is 6.92 Å². The van der Waals surface area contributed by atoms with E-state index >= 15 is 0 Å². The van der Waals surface area contributed by atoms with E-state index < -0.39 is 39.8 Å². The normalized spacial score (nSPS) is 26.1. The second kappa shape index (κ2) is 4.75. The SMILES string of the molecule is C=CC1=C(C(F)(F)F)C(C)C(Br)C=C1C(F)(F)F. The van der Waals surface area contributed by atoms with Gasteiger partial charge in [0.1, 0.15) is 0 Å². The van der Waals surface area contributed by atoms with Crippen molar-refractivity contribution in [2.75, 3.05) is 0 Å². The minimum Gasteiger partial charge on any atom is -0.166 e. The Kier molecular flexibility index (Phi) is 4.05. The highest BCUT2D eigenvalue weighted by Gasteiger charge is 2.48. The topological polar surface area (TPSA) is 0 Å². The Morgan fingerprint density at radius 3 is 2.00 bits per heavy atom. The molecule has 0 radical (unpaired) electrons. The van der Waals surface area contributed by atoms with Crippen LogP contribution in [0.5, 0.6) is 0 Å². The molecule has 0 heterocycles. The molecule has 7 heteroatoms. The average molecular weight is 335 g/mol. The molecular formula is C11H9BrF6. The van der Waals surface area contributed by atoms with Crippen LogP contribution in [-0.2, 0) is 0 Å². The van der Waals surface area contributed by atoms with Crippen molar-refractivity contribution in [3.8, 4) is 0 Å². The molecule has 0 bridgehead atoms. The lowest BCUT2D eigenvalue weighted by Gasteiger charge is -2.30. The zero-order valence-electron chi connectivity index (χ0n) is 9.16. The van der Waals surface area contributed by atoms with E-state index in [-0.39, 0.29) is 0 Å². The molecule has 1 aliphatic rings. The predicted molar refractivity (Wildman–Crippen MR) is 59.3 cm³/mol. The lowest BCUT2D eigenvalue weighted by Crippen LogP contribution is -2.31. The molecule has 0 fully saturated rings. The summed E-state index contributed by atoms with van der Waals surface area (Å²) in [4.78, 5) is -1.02. The molecule has 0 nitrogen and oxygen atoms in total. The zero-order chi connectivity index (χ0) is 14.3. The summed E-state index contributed by atoms with van der Waals surface area (Å²) in [5.41, 5.74) is -3.39. The van der Waals surface area contributed by atoms with Gasteiger partial charge in [-0.05, 0) is 5.57 Å². The number of hydrogen-bond donors (Lipinski definition) is 0. The molecule has 0 aliphatic heterocycles. The molecular weight excluding hydrogens is 326 g/mol. The molecule has 0 spiro atoms. The van der Waals surface area contributed by atoms with Crippen LogP contribution in [0.25, 0.3) is 0 Å². The van der Waals surface area contributed by atoms with Gasteiger partial charge in [-0.1, -0.05) is 41.6 Å². The Bertz CT molecular complexity index is 412. The van der Waals surface area contributed by atoms with Crippen molar-refractivity contribution < 1.29 is 26.3 Å². The minimum atomic E-state index is -4.84. The third-order valence-corrected chi connectivity index (χ3v) is 3.71. The van der Waals surface area contributed by atoms with Crippen molar-refractivity contribution in [3.63, 3.8) is 0 Å². The summed E-state index contributed by atoms with van der Waals surface area (Å²) in [7, 11) is 0. The van der Waals surface area contributed by atoms with E-state index in [2.05, 4.69) is 22.5 Å². The first-order valence-corrected chi connectivity index (χ1v) is 5.79. The van der Waals surface area contributed by atoms with Gasteiger partial charge in [0.05, 0.1) is 5.57 Å². The number of rotatable bonds is 1. The fraction of sp³-hybridized carbons (Fsp3) is 0.455. The van der Waals surface area contributed by atoms with Gasteiger partial charge in [-0.25, -0.2) is 0 Å². The molecule has 0 aromatic carbocycles. The van der Waals surface area contributed by atoms with Gasteiger partial charge in [-0.15, -0.1) is 0 Å². The van der Waals surface area contributed by atoms with Crippen LogP contribution in [0.4, 0.5) is 26.3 Å². The van der Waals surface area contributed by atoms with E-state index in [1.54, 1.807) is 0 Å². The van der Waals surface area contributed by atoms with Gasteiger partial charge in [0.25, 0.3) is 0 Å². The largest absolute Gasteiger partial charge is 0.416 e. The summed E-state index contributed by atoms with van der Waals surface area (Å²) in [5, 5.41) is 0. The van der Waals surface area contributed by atoms with Crippen LogP contribution in [-0.4, -0.2) is 17.2 Å². The monoisotopic (exact) mass is 334 g/mol. The standard InChI is InChI=1S/C11H9BrF6/c1-3-6-7(10(13,14)15)4-8(12)5(2)9(6)11(16,17)18/h3-5,8H,1H2,2H3. The van der Waals surface area contributed by atoms with Gasteiger partial charge in [0.15, 0.2) is 0 Å². The quantitative estimate of drug-likeness (QED) is 0.471. The highest BCUT2D eigenvalue weighted by Crippen LogP contribution is 2.47. The van der Waals surface area contributed by atoms with Crippen LogP contribution < -0.4 is 0 Å². The molecule has 2 unspecified atom stereocenters. The van der Waals surface area contributed by atoms with Crippen LogP contribution >= 0.6 is 15.9 Å². The van der Waals surface area contributed by atoms with E-state index in [1.807, 2.05) is 0 Å². The zero-order valence-corrected chi connectivity index (χ0v) is 10.7. The van der Waals surface area contributed by atoms with Crippen LogP contribution in [0.2, 0.25) is 0 Å². The Balaban J connectivity index is 3.52. The molecule has 0 saturated heterocycles. The molecule has 0 saturated carbocycles. The van der Waals surface area contributed by atoms with Gasteiger partial charge >= 0.3 is 12.4 Å². The third-order valence-electron chi connectivity index (χ3n) is 2.65. The summed E-state index contributed by atoms with van der Waals surface area (Å²) >= 11 is 2.83. The minimum absolute atomic E-state index is 0.609. The van der Waals surface area contributed by atoms with Crippen molar-refractivity contribution in [2.24, 2.45) is 5.92 Å². The molecule has 0 aromatic rings. The highest BCUT2D eigenvalue weighted by atomic mass is 79.9. The van der Waals surface area contributed by atoms with Crippen LogP contribution in [0, 0.1) is 5.92 Å². The number of hydrogen-bond acceptors (Lipinski definition) is 0. The van der Waals surface area contributed by atoms with Crippen LogP contribution in [0.15, 0.2) is 35.5 Å².